The van der Waals surface area contributed by atoms with Crippen LogP contribution in [0.4, 0.5) is 24.5 Å². The fourth-order valence-corrected chi connectivity index (χ4v) is 4.94. The topological polar surface area (TPSA) is 164 Å². The SMILES string of the molecule is CCn1ncc(-c2cc(C(F)(F)F)nc3sc(C(N)=O)c(NC(=O)C(C)Cn4cc([N+](=O)[O-])cn4)c23)c1C. The van der Waals surface area contributed by atoms with Crippen molar-refractivity contribution < 1.29 is 27.7 Å². The minimum Gasteiger partial charge on any atom is -0.365 e. The summed E-state index contributed by atoms with van der Waals surface area (Å²) >= 11 is 0.634. The number of rotatable bonds is 8. The van der Waals surface area contributed by atoms with Gasteiger partial charge in [-0.25, -0.2) is 4.98 Å². The van der Waals surface area contributed by atoms with Crippen LogP contribution in [-0.2, 0) is 24.1 Å². The predicted molar refractivity (Wildman–Crippen MR) is 131 cm³/mol. The second kappa shape index (κ2) is 9.85. The molecule has 2 amide bonds. The van der Waals surface area contributed by atoms with Gasteiger partial charge in [-0.3, -0.25) is 29.1 Å². The third-order valence-corrected chi connectivity index (χ3v) is 6.95. The summed E-state index contributed by atoms with van der Waals surface area (Å²) in [5, 5.41) is 21.7. The van der Waals surface area contributed by atoms with Crippen LogP contribution in [0.5, 0.6) is 0 Å². The van der Waals surface area contributed by atoms with Gasteiger partial charge in [0.1, 0.15) is 27.8 Å². The quantitative estimate of drug-likeness (QED) is 0.247. The number of alkyl halides is 3. The summed E-state index contributed by atoms with van der Waals surface area (Å²) in [6.07, 6.45) is -1.17. The molecule has 0 aliphatic rings. The second-order valence-corrected chi connectivity index (χ2v) is 9.43. The van der Waals surface area contributed by atoms with Gasteiger partial charge in [0.15, 0.2) is 0 Å². The fraction of sp³-hybridized carbons (Fsp3) is 0.318. The standard InChI is InChI=1S/C22H21F3N8O4S/c1-4-32-11(3)14(7-28-32)13-5-15(22(23,24)25)29-21-16(13)17(18(38-21)19(26)34)30-20(35)10(2)8-31-9-12(6-27-31)33(36)37/h5-7,9-10H,4,8H2,1-3H3,(H2,26,34)(H,30,35). The van der Waals surface area contributed by atoms with Crippen LogP contribution in [0.1, 0.15) is 34.9 Å². The lowest BCUT2D eigenvalue weighted by Crippen LogP contribution is -2.25. The maximum atomic E-state index is 13.7. The lowest BCUT2D eigenvalue weighted by atomic mass is 10.0. The summed E-state index contributed by atoms with van der Waals surface area (Å²) in [5.41, 5.74) is 5.05. The molecular weight excluding hydrogens is 529 g/mol. The highest BCUT2D eigenvalue weighted by Gasteiger charge is 2.35. The summed E-state index contributed by atoms with van der Waals surface area (Å²) in [6.45, 7) is 5.46. The first kappa shape index (κ1) is 26.7. The van der Waals surface area contributed by atoms with Crippen molar-refractivity contribution in [3.05, 3.63) is 51.0 Å². The van der Waals surface area contributed by atoms with Crippen LogP contribution in [0.15, 0.2) is 24.7 Å². The van der Waals surface area contributed by atoms with Crippen LogP contribution >= 0.6 is 11.3 Å². The average Bonchev–Trinajstić information content (AvgIpc) is 3.55. The Morgan fingerprint density at radius 3 is 2.53 bits per heavy atom. The number of amides is 2. The molecule has 0 radical (unpaired) electrons. The molecule has 38 heavy (non-hydrogen) atoms. The van der Waals surface area contributed by atoms with E-state index in [1.807, 2.05) is 6.92 Å². The highest BCUT2D eigenvalue weighted by Crippen LogP contribution is 2.44. The molecule has 0 aliphatic carbocycles. The highest BCUT2D eigenvalue weighted by atomic mass is 32.1. The van der Waals surface area contributed by atoms with Gasteiger partial charge >= 0.3 is 11.9 Å². The molecule has 16 heteroatoms. The van der Waals surface area contributed by atoms with Crippen molar-refractivity contribution in [3.63, 3.8) is 0 Å². The van der Waals surface area contributed by atoms with Crippen LogP contribution in [0.2, 0.25) is 0 Å². The fourth-order valence-electron chi connectivity index (χ4n) is 3.94. The Bertz CT molecular complexity index is 1570. The number of nitro groups is 1. The maximum Gasteiger partial charge on any atom is 0.433 e. The van der Waals surface area contributed by atoms with Crippen LogP contribution in [0.25, 0.3) is 21.3 Å². The number of primary amides is 1. The summed E-state index contributed by atoms with van der Waals surface area (Å²) in [5.74, 6) is -2.38. The normalized spacial score (nSPS) is 12.6. The number of carbonyl (C=O) groups is 2. The first-order chi connectivity index (χ1) is 17.8. The molecule has 200 valence electrons. The highest BCUT2D eigenvalue weighted by molar-refractivity contribution is 7.21. The Kier molecular flexibility index (Phi) is 6.92. The lowest BCUT2D eigenvalue weighted by molar-refractivity contribution is -0.385. The van der Waals surface area contributed by atoms with Gasteiger partial charge < -0.3 is 11.1 Å². The molecule has 0 saturated carbocycles. The van der Waals surface area contributed by atoms with Crippen molar-refractivity contribution in [1.29, 1.82) is 0 Å². The van der Waals surface area contributed by atoms with Gasteiger partial charge in [-0.05, 0) is 25.5 Å². The van der Waals surface area contributed by atoms with E-state index in [-0.39, 0.29) is 38.6 Å². The van der Waals surface area contributed by atoms with E-state index in [2.05, 4.69) is 20.5 Å². The number of hydrogen-bond acceptors (Lipinski definition) is 8. The van der Waals surface area contributed by atoms with Crippen molar-refractivity contribution in [2.45, 2.75) is 40.0 Å². The predicted octanol–water partition coefficient (Wildman–Crippen LogP) is 3.99. The maximum absolute atomic E-state index is 13.7. The van der Waals surface area contributed by atoms with E-state index in [9.17, 15) is 32.9 Å². The minimum atomic E-state index is -4.78. The van der Waals surface area contributed by atoms with E-state index in [0.717, 1.165) is 18.5 Å². The number of aryl methyl sites for hydroxylation is 1. The van der Waals surface area contributed by atoms with Crippen molar-refractivity contribution in [2.75, 3.05) is 5.32 Å². The van der Waals surface area contributed by atoms with Crippen LogP contribution in [0.3, 0.4) is 0 Å². The first-order valence-electron chi connectivity index (χ1n) is 11.2. The van der Waals surface area contributed by atoms with Gasteiger partial charge in [-0.1, -0.05) is 6.92 Å². The summed E-state index contributed by atoms with van der Waals surface area (Å²) < 4.78 is 44.0. The second-order valence-electron chi connectivity index (χ2n) is 8.43. The Morgan fingerprint density at radius 1 is 1.26 bits per heavy atom. The number of fused-ring (bicyclic) bond motifs is 1. The van der Waals surface area contributed by atoms with Crippen molar-refractivity contribution in [2.24, 2.45) is 11.7 Å². The molecule has 3 N–H and O–H groups in total. The first-order valence-corrected chi connectivity index (χ1v) is 12.0. The van der Waals surface area contributed by atoms with E-state index in [1.54, 1.807) is 11.6 Å². The number of carbonyl (C=O) groups excluding carboxylic acids is 2. The Morgan fingerprint density at radius 2 is 1.97 bits per heavy atom. The third-order valence-electron chi connectivity index (χ3n) is 5.86. The van der Waals surface area contributed by atoms with Crippen LogP contribution in [0, 0.1) is 23.0 Å². The minimum absolute atomic E-state index is 0.0423. The van der Waals surface area contributed by atoms with Crippen LogP contribution < -0.4 is 11.1 Å². The number of nitrogens with zero attached hydrogens (tertiary/aromatic N) is 6. The molecule has 0 saturated heterocycles. The molecule has 0 fully saturated rings. The molecular formula is C22H21F3N8O4S. The molecule has 0 aromatic carbocycles. The number of pyridine rings is 1. The molecule has 1 atom stereocenters. The number of thiophene rings is 1. The molecule has 0 spiro atoms. The number of aromatic nitrogens is 5. The Labute approximate surface area is 216 Å². The lowest BCUT2D eigenvalue weighted by Gasteiger charge is -2.15. The van der Waals surface area contributed by atoms with Crippen molar-refractivity contribution in [3.8, 4) is 11.1 Å². The van der Waals surface area contributed by atoms with E-state index >= 15 is 0 Å². The molecule has 12 nitrogen and oxygen atoms in total. The molecule has 4 heterocycles. The van der Waals surface area contributed by atoms with E-state index in [4.69, 9.17) is 5.73 Å². The van der Waals surface area contributed by atoms with Crippen molar-refractivity contribution in [1.82, 2.24) is 24.5 Å². The summed E-state index contributed by atoms with van der Waals surface area (Å²) in [4.78, 5) is 39.1. The number of nitrogens with two attached hydrogens (primary N) is 1. The van der Waals surface area contributed by atoms with Gasteiger partial charge in [0.2, 0.25) is 5.91 Å². The van der Waals surface area contributed by atoms with Gasteiger partial charge in [0.05, 0.1) is 29.3 Å². The Balaban J connectivity index is 1.83. The molecule has 1 unspecified atom stereocenters. The molecule has 4 aromatic rings. The van der Waals surface area contributed by atoms with Gasteiger partial charge in [-0.2, -0.15) is 23.4 Å². The van der Waals surface area contributed by atoms with Crippen LogP contribution in [-0.4, -0.2) is 41.3 Å². The van der Waals surface area contributed by atoms with Crippen molar-refractivity contribution >= 4 is 44.7 Å². The van der Waals surface area contributed by atoms with Gasteiger partial charge in [0.25, 0.3) is 5.91 Å². The zero-order chi connectivity index (χ0) is 27.9. The Hall–Kier alpha value is -4.34. The number of hydrogen-bond donors (Lipinski definition) is 2. The van der Waals surface area contributed by atoms with E-state index < -0.39 is 34.5 Å². The van der Waals surface area contributed by atoms with Gasteiger partial charge in [0, 0.05) is 23.2 Å². The summed E-state index contributed by atoms with van der Waals surface area (Å²) in [7, 11) is 0. The molecule has 4 aromatic heterocycles. The zero-order valence-electron chi connectivity index (χ0n) is 20.2. The molecule has 0 bridgehead atoms. The van der Waals surface area contributed by atoms with Gasteiger partial charge in [-0.15, -0.1) is 11.3 Å². The smallest absolute Gasteiger partial charge is 0.365 e. The molecule has 0 aliphatic heterocycles. The largest absolute Gasteiger partial charge is 0.433 e. The monoisotopic (exact) mass is 550 g/mol. The van der Waals surface area contributed by atoms with E-state index in [1.165, 1.54) is 17.8 Å². The molecule has 4 rings (SSSR count). The zero-order valence-corrected chi connectivity index (χ0v) is 21.1. The number of nitrogens with one attached hydrogen (secondary N) is 1. The number of halogens is 3. The summed E-state index contributed by atoms with van der Waals surface area (Å²) in [6, 6.07) is 0.853. The van der Waals surface area contributed by atoms with E-state index in [0.29, 0.717) is 29.1 Å². The average molecular weight is 551 g/mol. The number of anilines is 1. The third kappa shape index (κ3) is 4.93.